The summed E-state index contributed by atoms with van der Waals surface area (Å²) in [7, 11) is 1.66. The second-order valence-electron chi connectivity index (χ2n) is 5.49. The van der Waals surface area contributed by atoms with Gasteiger partial charge in [0.25, 0.3) is 0 Å². The van der Waals surface area contributed by atoms with Gasteiger partial charge in [-0.05, 0) is 29.7 Å². The fourth-order valence-corrected chi connectivity index (χ4v) is 2.84. The van der Waals surface area contributed by atoms with E-state index in [4.69, 9.17) is 4.74 Å². The van der Waals surface area contributed by atoms with Crippen molar-refractivity contribution in [3.63, 3.8) is 0 Å². The SMILES string of the molecule is COc1ccccc1C(C)CC(=O)n1ccc2ccccc21. The third kappa shape index (κ3) is 2.62. The maximum atomic E-state index is 12.6. The second kappa shape index (κ2) is 6.06. The largest absolute Gasteiger partial charge is 0.496 e. The Morgan fingerprint density at radius 3 is 2.64 bits per heavy atom. The van der Waals surface area contributed by atoms with Crippen molar-refractivity contribution in [1.82, 2.24) is 4.57 Å². The molecule has 1 heterocycles. The molecule has 0 aliphatic carbocycles. The number of carbonyl (C=O) groups is 1. The minimum Gasteiger partial charge on any atom is -0.496 e. The first-order valence-electron chi connectivity index (χ1n) is 7.43. The lowest BCUT2D eigenvalue weighted by molar-refractivity contribution is 0.0900. The lowest BCUT2D eigenvalue weighted by atomic mass is 9.96. The standard InChI is InChI=1S/C19H19NO2/c1-14(16-8-4-6-10-18(16)22-2)13-19(21)20-12-11-15-7-3-5-9-17(15)20/h3-12,14H,13H2,1-2H3. The zero-order chi connectivity index (χ0) is 15.5. The summed E-state index contributed by atoms with van der Waals surface area (Å²) >= 11 is 0. The van der Waals surface area contributed by atoms with Crippen LogP contribution in [-0.4, -0.2) is 17.6 Å². The summed E-state index contributed by atoms with van der Waals surface area (Å²) in [6, 6.07) is 17.8. The minimum absolute atomic E-state index is 0.0969. The smallest absolute Gasteiger partial charge is 0.231 e. The lowest BCUT2D eigenvalue weighted by Gasteiger charge is -2.15. The van der Waals surface area contributed by atoms with Crippen LogP contribution < -0.4 is 4.74 Å². The molecule has 3 aromatic rings. The van der Waals surface area contributed by atoms with Crippen molar-refractivity contribution in [3.8, 4) is 5.75 Å². The first-order valence-corrected chi connectivity index (χ1v) is 7.43. The van der Waals surface area contributed by atoms with Crippen LogP contribution in [-0.2, 0) is 0 Å². The van der Waals surface area contributed by atoms with E-state index >= 15 is 0 Å². The van der Waals surface area contributed by atoms with Crippen molar-refractivity contribution in [2.45, 2.75) is 19.3 Å². The summed E-state index contributed by atoms with van der Waals surface area (Å²) in [5.74, 6) is 1.03. The molecular weight excluding hydrogens is 274 g/mol. The van der Waals surface area contributed by atoms with Gasteiger partial charge in [-0.15, -0.1) is 0 Å². The van der Waals surface area contributed by atoms with E-state index in [-0.39, 0.29) is 11.8 Å². The van der Waals surface area contributed by atoms with Crippen LogP contribution in [0.2, 0.25) is 0 Å². The molecule has 0 radical (unpaired) electrons. The Morgan fingerprint density at radius 1 is 1.09 bits per heavy atom. The van der Waals surface area contributed by atoms with Gasteiger partial charge in [0.1, 0.15) is 5.75 Å². The molecule has 0 spiro atoms. The van der Waals surface area contributed by atoms with Crippen molar-refractivity contribution in [2.24, 2.45) is 0 Å². The van der Waals surface area contributed by atoms with Gasteiger partial charge in [0, 0.05) is 18.0 Å². The molecule has 3 nitrogen and oxygen atoms in total. The van der Waals surface area contributed by atoms with E-state index in [0.717, 1.165) is 22.2 Å². The lowest BCUT2D eigenvalue weighted by Crippen LogP contribution is -2.13. The number of hydrogen-bond acceptors (Lipinski definition) is 2. The van der Waals surface area contributed by atoms with E-state index in [1.54, 1.807) is 11.7 Å². The molecule has 0 saturated heterocycles. The molecule has 1 unspecified atom stereocenters. The Labute approximate surface area is 130 Å². The highest BCUT2D eigenvalue weighted by Gasteiger charge is 2.17. The van der Waals surface area contributed by atoms with Crippen molar-refractivity contribution in [2.75, 3.05) is 7.11 Å². The molecule has 0 amide bonds. The Bertz CT molecular complexity index is 804. The summed E-state index contributed by atoms with van der Waals surface area (Å²) < 4.78 is 7.13. The van der Waals surface area contributed by atoms with Crippen molar-refractivity contribution in [3.05, 3.63) is 66.4 Å². The molecule has 1 aromatic heterocycles. The molecule has 2 aromatic carbocycles. The third-order valence-electron chi connectivity index (χ3n) is 4.02. The number of nitrogens with zero attached hydrogens (tertiary/aromatic N) is 1. The minimum atomic E-state index is 0.0969. The molecule has 0 bridgehead atoms. The van der Waals surface area contributed by atoms with Gasteiger partial charge >= 0.3 is 0 Å². The quantitative estimate of drug-likeness (QED) is 0.710. The van der Waals surface area contributed by atoms with Gasteiger partial charge in [0.05, 0.1) is 12.6 Å². The Hall–Kier alpha value is -2.55. The van der Waals surface area contributed by atoms with Crippen LogP contribution in [0.3, 0.4) is 0 Å². The zero-order valence-corrected chi connectivity index (χ0v) is 12.8. The fourth-order valence-electron chi connectivity index (χ4n) is 2.84. The molecule has 0 aliphatic heterocycles. The molecule has 1 atom stereocenters. The van der Waals surface area contributed by atoms with E-state index in [2.05, 4.69) is 6.92 Å². The monoisotopic (exact) mass is 293 g/mol. The molecule has 3 heteroatoms. The van der Waals surface area contributed by atoms with Crippen LogP contribution in [0.15, 0.2) is 60.8 Å². The number of ether oxygens (including phenoxy) is 1. The highest BCUT2D eigenvalue weighted by Crippen LogP contribution is 2.29. The van der Waals surface area contributed by atoms with Crippen LogP contribution in [0.5, 0.6) is 5.75 Å². The predicted octanol–water partition coefficient (Wildman–Crippen LogP) is 4.48. The van der Waals surface area contributed by atoms with Crippen LogP contribution in [0.1, 0.15) is 29.6 Å². The predicted molar refractivity (Wildman–Crippen MR) is 88.6 cm³/mol. The molecule has 0 aliphatic rings. The first-order chi connectivity index (χ1) is 10.7. The van der Waals surface area contributed by atoms with Gasteiger partial charge in [-0.2, -0.15) is 0 Å². The van der Waals surface area contributed by atoms with Crippen molar-refractivity contribution >= 4 is 16.8 Å². The van der Waals surface area contributed by atoms with Crippen LogP contribution in [0.25, 0.3) is 10.9 Å². The van der Waals surface area contributed by atoms with Gasteiger partial charge in [-0.25, -0.2) is 0 Å². The van der Waals surface area contributed by atoms with Crippen LogP contribution in [0, 0.1) is 0 Å². The number of fused-ring (bicyclic) bond motifs is 1. The Balaban J connectivity index is 1.85. The van der Waals surface area contributed by atoms with Gasteiger partial charge in [-0.3, -0.25) is 9.36 Å². The maximum Gasteiger partial charge on any atom is 0.231 e. The van der Waals surface area contributed by atoms with Gasteiger partial charge in [0.2, 0.25) is 5.91 Å². The van der Waals surface area contributed by atoms with Gasteiger partial charge in [-0.1, -0.05) is 43.3 Å². The van der Waals surface area contributed by atoms with E-state index < -0.39 is 0 Å². The highest BCUT2D eigenvalue weighted by molar-refractivity contribution is 5.92. The number of aromatic nitrogens is 1. The van der Waals surface area contributed by atoms with Crippen molar-refractivity contribution in [1.29, 1.82) is 0 Å². The van der Waals surface area contributed by atoms with E-state index in [9.17, 15) is 4.79 Å². The summed E-state index contributed by atoms with van der Waals surface area (Å²) in [4.78, 5) is 12.6. The summed E-state index contributed by atoms with van der Waals surface area (Å²) in [5.41, 5.74) is 2.02. The second-order valence-corrected chi connectivity index (χ2v) is 5.49. The summed E-state index contributed by atoms with van der Waals surface area (Å²) in [6.45, 7) is 2.06. The number of methoxy groups -OCH3 is 1. The first kappa shape index (κ1) is 14.4. The third-order valence-corrected chi connectivity index (χ3v) is 4.02. The molecule has 22 heavy (non-hydrogen) atoms. The van der Waals surface area contributed by atoms with E-state index in [1.165, 1.54) is 0 Å². The number of para-hydroxylation sites is 2. The number of rotatable bonds is 4. The highest BCUT2D eigenvalue weighted by atomic mass is 16.5. The molecule has 112 valence electrons. The van der Waals surface area contributed by atoms with E-state index in [0.29, 0.717) is 6.42 Å². The fraction of sp³-hybridized carbons (Fsp3) is 0.211. The molecule has 3 rings (SSSR count). The number of hydrogen-bond donors (Lipinski definition) is 0. The van der Waals surface area contributed by atoms with Gasteiger partial charge < -0.3 is 4.74 Å². The average Bonchev–Trinajstić information content (AvgIpc) is 2.98. The zero-order valence-electron chi connectivity index (χ0n) is 12.8. The number of benzene rings is 2. The van der Waals surface area contributed by atoms with Crippen LogP contribution in [0.4, 0.5) is 0 Å². The molecule has 0 N–H and O–H groups in total. The van der Waals surface area contributed by atoms with Crippen molar-refractivity contribution < 1.29 is 9.53 Å². The molecule has 0 saturated carbocycles. The normalized spacial score (nSPS) is 12.3. The average molecular weight is 293 g/mol. The molecule has 0 fully saturated rings. The Kier molecular flexibility index (Phi) is 3.96. The maximum absolute atomic E-state index is 12.6. The van der Waals surface area contributed by atoms with Crippen LogP contribution >= 0.6 is 0 Å². The van der Waals surface area contributed by atoms with Gasteiger partial charge in [0.15, 0.2) is 0 Å². The summed E-state index contributed by atoms with van der Waals surface area (Å²) in [5, 5.41) is 1.08. The molecular formula is C19H19NO2. The topological polar surface area (TPSA) is 31.2 Å². The number of carbonyl (C=O) groups excluding carboxylic acids is 1. The van der Waals surface area contributed by atoms with E-state index in [1.807, 2.05) is 60.8 Å². The Morgan fingerprint density at radius 2 is 1.82 bits per heavy atom. The summed E-state index contributed by atoms with van der Waals surface area (Å²) in [6.07, 6.45) is 2.29.